The van der Waals surface area contributed by atoms with Crippen LogP contribution in [0.15, 0.2) is 36.5 Å². The molecule has 1 aromatic carbocycles. The highest BCUT2D eigenvalue weighted by atomic mass is 16.5. The molecule has 0 aliphatic heterocycles. The maximum Gasteiger partial charge on any atom is 0.180 e. The molecule has 7 heteroatoms. The molecule has 0 fully saturated rings. The molecular weight excluding hydrogens is 282 g/mol. The average molecular weight is 297 g/mol. The molecule has 112 valence electrons. The van der Waals surface area contributed by atoms with Crippen molar-refractivity contribution in [3.05, 3.63) is 36.5 Å². The summed E-state index contributed by atoms with van der Waals surface area (Å²) in [6, 6.07) is 9.00. The fourth-order valence-corrected chi connectivity index (χ4v) is 2.02. The van der Waals surface area contributed by atoms with E-state index in [0.717, 1.165) is 5.69 Å². The molecule has 0 saturated carbocycles. The quantitative estimate of drug-likeness (QED) is 0.763. The Labute approximate surface area is 127 Å². The van der Waals surface area contributed by atoms with E-state index in [2.05, 4.69) is 20.3 Å². The predicted octanol–water partition coefficient (Wildman–Crippen LogP) is 2.37. The first kappa shape index (κ1) is 13.9. The number of rotatable bonds is 4. The van der Waals surface area contributed by atoms with Gasteiger partial charge in [0.1, 0.15) is 17.0 Å². The molecule has 3 N–H and O–H groups in total. The number of aromatic nitrogens is 3. The van der Waals surface area contributed by atoms with Crippen LogP contribution < -0.4 is 20.5 Å². The Morgan fingerprint density at radius 3 is 2.45 bits per heavy atom. The number of pyridine rings is 1. The summed E-state index contributed by atoms with van der Waals surface area (Å²) >= 11 is 0. The Bertz CT molecular complexity index is 800. The minimum absolute atomic E-state index is 0.294. The number of ether oxygens (including phenoxy) is 2. The van der Waals surface area contributed by atoms with E-state index in [-0.39, 0.29) is 0 Å². The number of hydrogen-bond donors (Lipinski definition) is 2. The SMILES string of the molecule is COc1cc(Nc2nc3ncccc3nc2N)cc(OC)c1. The number of anilines is 3. The number of fused-ring (bicyclic) bond motifs is 1. The molecule has 2 aromatic heterocycles. The standard InChI is InChI=1S/C15H15N5O2/c1-21-10-6-9(7-11(8-10)22-2)18-15-13(16)19-12-4-3-5-17-14(12)20-15/h3-8H,1-2H3,(H2,16,19)(H,17,18,20). The molecule has 0 amide bonds. The summed E-state index contributed by atoms with van der Waals surface area (Å²) in [5, 5.41) is 3.12. The van der Waals surface area contributed by atoms with Crippen LogP contribution in [0.4, 0.5) is 17.3 Å². The third kappa shape index (κ3) is 2.69. The van der Waals surface area contributed by atoms with Crippen molar-refractivity contribution in [1.29, 1.82) is 0 Å². The van der Waals surface area contributed by atoms with Crippen LogP contribution in [0, 0.1) is 0 Å². The van der Waals surface area contributed by atoms with Crippen LogP contribution in [0.1, 0.15) is 0 Å². The molecule has 3 aromatic rings. The third-order valence-corrected chi connectivity index (χ3v) is 3.08. The van der Waals surface area contributed by atoms with Gasteiger partial charge in [0.25, 0.3) is 0 Å². The van der Waals surface area contributed by atoms with E-state index in [0.29, 0.717) is 34.3 Å². The highest BCUT2D eigenvalue weighted by Crippen LogP contribution is 2.29. The number of hydrogen-bond acceptors (Lipinski definition) is 7. The molecule has 0 radical (unpaired) electrons. The number of nitrogens with one attached hydrogen (secondary N) is 1. The highest BCUT2D eigenvalue weighted by Gasteiger charge is 2.09. The van der Waals surface area contributed by atoms with Crippen molar-refractivity contribution in [3.8, 4) is 11.5 Å². The fourth-order valence-electron chi connectivity index (χ4n) is 2.02. The molecule has 0 bridgehead atoms. The lowest BCUT2D eigenvalue weighted by Gasteiger charge is -2.11. The van der Waals surface area contributed by atoms with Crippen LogP contribution in [0.2, 0.25) is 0 Å². The molecule has 22 heavy (non-hydrogen) atoms. The minimum atomic E-state index is 0.294. The number of nitrogens with two attached hydrogens (primary N) is 1. The van der Waals surface area contributed by atoms with Crippen molar-refractivity contribution in [1.82, 2.24) is 15.0 Å². The lowest BCUT2D eigenvalue weighted by Crippen LogP contribution is -2.03. The Morgan fingerprint density at radius 2 is 1.77 bits per heavy atom. The normalized spacial score (nSPS) is 10.5. The molecule has 0 saturated heterocycles. The summed E-state index contributed by atoms with van der Waals surface area (Å²) in [4.78, 5) is 12.8. The summed E-state index contributed by atoms with van der Waals surface area (Å²) in [5.41, 5.74) is 7.85. The summed E-state index contributed by atoms with van der Waals surface area (Å²) in [7, 11) is 3.18. The summed E-state index contributed by atoms with van der Waals surface area (Å²) in [6.07, 6.45) is 1.66. The van der Waals surface area contributed by atoms with E-state index >= 15 is 0 Å². The van der Waals surface area contributed by atoms with Gasteiger partial charge in [0.05, 0.1) is 14.2 Å². The van der Waals surface area contributed by atoms with E-state index in [1.807, 2.05) is 18.2 Å². The van der Waals surface area contributed by atoms with Crippen molar-refractivity contribution in [2.24, 2.45) is 0 Å². The van der Waals surface area contributed by atoms with Gasteiger partial charge in [-0.25, -0.2) is 15.0 Å². The Balaban J connectivity index is 2.00. The van der Waals surface area contributed by atoms with Crippen molar-refractivity contribution in [2.75, 3.05) is 25.3 Å². The predicted molar refractivity (Wildman–Crippen MR) is 84.6 cm³/mol. The van der Waals surface area contributed by atoms with Gasteiger partial charge >= 0.3 is 0 Å². The molecule has 0 atom stereocenters. The van der Waals surface area contributed by atoms with Gasteiger partial charge in [0.15, 0.2) is 17.3 Å². The maximum absolute atomic E-state index is 5.95. The minimum Gasteiger partial charge on any atom is -0.497 e. The van der Waals surface area contributed by atoms with Crippen LogP contribution >= 0.6 is 0 Å². The number of benzene rings is 1. The zero-order valence-electron chi connectivity index (χ0n) is 12.2. The van der Waals surface area contributed by atoms with E-state index in [1.165, 1.54) is 0 Å². The number of nitrogen functional groups attached to an aromatic ring is 1. The number of methoxy groups -OCH3 is 2. The second-order valence-corrected chi connectivity index (χ2v) is 4.53. The first-order valence-electron chi connectivity index (χ1n) is 6.58. The van der Waals surface area contributed by atoms with Crippen LogP contribution in [-0.4, -0.2) is 29.2 Å². The van der Waals surface area contributed by atoms with Crippen molar-refractivity contribution in [3.63, 3.8) is 0 Å². The lowest BCUT2D eigenvalue weighted by molar-refractivity contribution is 0.395. The molecule has 2 heterocycles. The molecule has 0 aliphatic rings. The van der Waals surface area contributed by atoms with Crippen LogP contribution in [0.25, 0.3) is 11.2 Å². The second-order valence-electron chi connectivity index (χ2n) is 4.53. The van der Waals surface area contributed by atoms with Crippen LogP contribution in [0.3, 0.4) is 0 Å². The molecular formula is C15H15N5O2. The lowest BCUT2D eigenvalue weighted by atomic mass is 10.2. The van der Waals surface area contributed by atoms with Gasteiger partial charge in [0.2, 0.25) is 0 Å². The monoisotopic (exact) mass is 297 g/mol. The molecule has 3 rings (SSSR count). The summed E-state index contributed by atoms with van der Waals surface area (Å²) < 4.78 is 10.5. The first-order valence-corrected chi connectivity index (χ1v) is 6.58. The second kappa shape index (κ2) is 5.72. The maximum atomic E-state index is 5.95. The molecule has 0 unspecified atom stereocenters. The van der Waals surface area contributed by atoms with E-state index in [1.54, 1.807) is 32.5 Å². The Hall–Kier alpha value is -3.09. The average Bonchev–Trinajstić information content (AvgIpc) is 2.55. The largest absolute Gasteiger partial charge is 0.497 e. The van der Waals surface area contributed by atoms with Crippen molar-refractivity contribution >= 4 is 28.5 Å². The third-order valence-electron chi connectivity index (χ3n) is 3.08. The van der Waals surface area contributed by atoms with Crippen LogP contribution in [0.5, 0.6) is 11.5 Å². The number of nitrogens with zero attached hydrogens (tertiary/aromatic N) is 3. The Kier molecular flexibility index (Phi) is 3.61. The molecule has 0 spiro atoms. The van der Waals surface area contributed by atoms with Gasteiger partial charge in [-0.15, -0.1) is 0 Å². The van der Waals surface area contributed by atoms with E-state index in [9.17, 15) is 0 Å². The molecule has 7 nitrogen and oxygen atoms in total. The van der Waals surface area contributed by atoms with Crippen molar-refractivity contribution < 1.29 is 9.47 Å². The van der Waals surface area contributed by atoms with Gasteiger partial charge in [-0.1, -0.05) is 0 Å². The first-order chi connectivity index (χ1) is 10.7. The summed E-state index contributed by atoms with van der Waals surface area (Å²) in [5.74, 6) is 2.04. The van der Waals surface area contributed by atoms with Gasteiger partial charge in [-0.2, -0.15) is 0 Å². The van der Waals surface area contributed by atoms with Crippen LogP contribution in [-0.2, 0) is 0 Å². The zero-order chi connectivity index (χ0) is 15.5. The fraction of sp³-hybridized carbons (Fsp3) is 0.133. The highest BCUT2D eigenvalue weighted by molar-refractivity contribution is 5.78. The van der Waals surface area contributed by atoms with E-state index in [4.69, 9.17) is 15.2 Å². The smallest absolute Gasteiger partial charge is 0.180 e. The molecule has 0 aliphatic carbocycles. The Morgan fingerprint density at radius 1 is 1.05 bits per heavy atom. The van der Waals surface area contributed by atoms with Crippen molar-refractivity contribution in [2.45, 2.75) is 0 Å². The summed E-state index contributed by atoms with van der Waals surface area (Å²) in [6.45, 7) is 0. The zero-order valence-corrected chi connectivity index (χ0v) is 12.2. The van der Waals surface area contributed by atoms with Gasteiger partial charge in [-0.05, 0) is 12.1 Å². The van der Waals surface area contributed by atoms with Gasteiger partial charge < -0.3 is 20.5 Å². The van der Waals surface area contributed by atoms with Gasteiger partial charge in [0, 0.05) is 30.1 Å². The van der Waals surface area contributed by atoms with E-state index < -0.39 is 0 Å². The topological polar surface area (TPSA) is 95.2 Å². The van der Waals surface area contributed by atoms with Gasteiger partial charge in [-0.3, -0.25) is 0 Å².